The van der Waals surface area contributed by atoms with Crippen LogP contribution >= 0.6 is 0 Å². The number of hydrogen-bond donors (Lipinski definition) is 4. The third kappa shape index (κ3) is 4.26. The number of pyridine rings is 1. The largest absolute Gasteiger partial charge is 0.417 e. The van der Waals surface area contributed by atoms with E-state index < -0.39 is 11.7 Å². The van der Waals surface area contributed by atoms with E-state index in [0.29, 0.717) is 40.8 Å². The molecule has 0 spiro atoms. The fourth-order valence-electron chi connectivity index (χ4n) is 3.57. The maximum absolute atomic E-state index is 13.1. The number of nitrogens with zero attached hydrogens (tertiary/aromatic N) is 3. The maximum atomic E-state index is 13.1. The summed E-state index contributed by atoms with van der Waals surface area (Å²) in [5, 5.41) is 6.97. The topological polar surface area (TPSA) is 105 Å². The molecule has 0 amide bonds. The molecule has 1 saturated heterocycles. The summed E-state index contributed by atoms with van der Waals surface area (Å²) in [5.41, 5.74) is 6.64. The Morgan fingerprint density at radius 1 is 1.21 bits per heavy atom. The summed E-state index contributed by atoms with van der Waals surface area (Å²) in [6.07, 6.45) is 3.88. The predicted molar refractivity (Wildman–Crippen MR) is 105 cm³/mol. The molecular formula is C19H22F3N7. The van der Waals surface area contributed by atoms with Crippen LogP contribution in [0, 0.1) is 0 Å². The van der Waals surface area contributed by atoms with E-state index in [0.717, 1.165) is 31.6 Å². The number of aromatic nitrogens is 4. The van der Waals surface area contributed by atoms with E-state index in [4.69, 9.17) is 5.73 Å². The Kier molecular flexibility index (Phi) is 5.27. The normalized spacial score (nSPS) is 17.6. The molecule has 154 valence electrons. The van der Waals surface area contributed by atoms with Crippen LogP contribution in [-0.4, -0.2) is 39.1 Å². The summed E-state index contributed by atoms with van der Waals surface area (Å²) in [7, 11) is 0. The summed E-state index contributed by atoms with van der Waals surface area (Å²) < 4.78 is 39.2. The standard InChI is InChI=1S/C19H22F3N7/c20-19(21,22)11-7-13-14(9-27-17(13)26-8-11)16-15(23)10-28-18(29-16)25-6-4-12-3-1-2-5-24-12/h7-10,12,24H,1-6,23H2,(H,26,27)(H,25,28,29). The minimum atomic E-state index is -4.48. The van der Waals surface area contributed by atoms with Gasteiger partial charge in [0.15, 0.2) is 0 Å². The number of anilines is 2. The Morgan fingerprint density at radius 3 is 2.83 bits per heavy atom. The van der Waals surface area contributed by atoms with Crippen molar-refractivity contribution in [3.63, 3.8) is 0 Å². The minimum absolute atomic E-state index is 0.280. The van der Waals surface area contributed by atoms with Crippen LogP contribution in [0.1, 0.15) is 31.2 Å². The molecule has 29 heavy (non-hydrogen) atoms. The van der Waals surface area contributed by atoms with Gasteiger partial charge in [0, 0.05) is 35.9 Å². The van der Waals surface area contributed by atoms with Crippen LogP contribution in [0.3, 0.4) is 0 Å². The number of aromatic amines is 1. The van der Waals surface area contributed by atoms with Crippen LogP contribution in [0.4, 0.5) is 24.8 Å². The second-order valence-corrected chi connectivity index (χ2v) is 7.18. The van der Waals surface area contributed by atoms with E-state index in [9.17, 15) is 13.2 Å². The van der Waals surface area contributed by atoms with Gasteiger partial charge in [0.1, 0.15) is 11.3 Å². The fourth-order valence-corrected chi connectivity index (χ4v) is 3.57. The molecule has 0 bridgehead atoms. The van der Waals surface area contributed by atoms with Gasteiger partial charge in [0.25, 0.3) is 0 Å². The van der Waals surface area contributed by atoms with Crippen molar-refractivity contribution in [3.8, 4) is 11.3 Å². The first kappa shape index (κ1) is 19.4. The third-order valence-corrected chi connectivity index (χ3v) is 5.12. The second-order valence-electron chi connectivity index (χ2n) is 7.18. The van der Waals surface area contributed by atoms with E-state index in [-0.39, 0.29) is 5.69 Å². The Labute approximate surface area is 165 Å². The first-order valence-electron chi connectivity index (χ1n) is 9.56. The summed E-state index contributed by atoms with van der Waals surface area (Å²) >= 11 is 0. The molecule has 1 aliphatic rings. The van der Waals surface area contributed by atoms with Crippen molar-refractivity contribution < 1.29 is 13.2 Å². The summed E-state index contributed by atoms with van der Waals surface area (Å²) in [6, 6.07) is 1.53. The monoisotopic (exact) mass is 405 g/mol. The van der Waals surface area contributed by atoms with Crippen molar-refractivity contribution in [1.29, 1.82) is 0 Å². The molecule has 0 aliphatic carbocycles. The van der Waals surface area contributed by atoms with Crippen molar-refractivity contribution >= 4 is 22.7 Å². The summed E-state index contributed by atoms with van der Waals surface area (Å²) in [6.45, 7) is 1.73. The number of nitrogens with two attached hydrogens (primary N) is 1. The molecule has 1 aliphatic heterocycles. The molecule has 5 N–H and O–H groups in total. The fraction of sp³-hybridized carbons (Fsp3) is 0.421. The van der Waals surface area contributed by atoms with Gasteiger partial charge in [0.05, 0.1) is 17.4 Å². The third-order valence-electron chi connectivity index (χ3n) is 5.12. The summed E-state index contributed by atoms with van der Waals surface area (Å²) in [5.74, 6) is 0.388. The smallest absolute Gasteiger partial charge is 0.396 e. The highest BCUT2D eigenvalue weighted by Crippen LogP contribution is 2.35. The van der Waals surface area contributed by atoms with Crippen LogP contribution in [0.5, 0.6) is 0 Å². The van der Waals surface area contributed by atoms with Crippen LogP contribution in [0.25, 0.3) is 22.3 Å². The van der Waals surface area contributed by atoms with Crippen LogP contribution < -0.4 is 16.4 Å². The van der Waals surface area contributed by atoms with Crippen molar-refractivity contribution in [3.05, 3.63) is 30.2 Å². The molecule has 3 aromatic rings. The van der Waals surface area contributed by atoms with Gasteiger partial charge in [-0.1, -0.05) is 6.42 Å². The molecule has 10 heteroatoms. The number of nitrogen functional groups attached to an aromatic ring is 1. The lowest BCUT2D eigenvalue weighted by molar-refractivity contribution is -0.137. The van der Waals surface area contributed by atoms with Crippen molar-refractivity contribution in [2.45, 2.75) is 37.9 Å². The molecule has 1 fully saturated rings. The van der Waals surface area contributed by atoms with Gasteiger partial charge in [-0.25, -0.2) is 15.0 Å². The highest BCUT2D eigenvalue weighted by atomic mass is 19.4. The molecule has 1 unspecified atom stereocenters. The Balaban J connectivity index is 1.57. The van der Waals surface area contributed by atoms with Crippen LogP contribution in [0.2, 0.25) is 0 Å². The molecule has 0 aromatic carbocycles. The average Bonchev–Trinajstić information content (AvgIpc) is 3.12. The lowest BCUT2D eigenvalue weighted by Gasteiger charge is -2.23. The molecule has 4 heterocycles. The molecule has 0 radical (unpaired) electrons. The molecule has 4 rings (SSSR count). The van der Waals surface area contributed by atoms with Gasteiger partial charge in [-0.2, -0.15) is 13.2 Å². The highest BCUT2D eigenvalue weighted by molar-refractivity contribution is 5.95. The number of fused-ring (bicyclic) bond motifs is 1. The molecule has 1 atom stereocenters. The van der Waals surface area contributed by atoms with Crippen molar-refractivity contribution in [2.75, 3.05) is 24.1 Å². The van der Waals surface area contributed by atoms with Gasteiger partial charge in [-0.05, 0) is 31.9 Å². The number of alkyl halides is 3. The number of nitrogens with one attached hydrogen (secondary N) is 3. The SMILES string of the molecule is Nc1cnc(NCCC2CCCCN2)nc1-c1c[nH]c2ncc(C(F)(F)F)cc12. The second kappa shape index (κ2) is 7.86. The van der Waals surface area contributed by atoms with Gasteiger partial charge in [0.2, 0.25) is 5.95 Å². The number of rotatable bonds is 5. The van der Waals surface area contributed by atoms with Gasteiger partial charge >= 0.3 is 6.18 Å². The predicted octanol–water partition coefficient (Wildman–Crippen LogP) is 3.57. The zero-order valence-corrected chi connectivity index (χ0v) is 15.7. The molecule has 3 aromatic heterocycles. The zero-order valence-electron chi connectivity index (χ0n) is 15.7. The van der Waals surface area contributed by atoms with E-state index in [2.05, 4.69) is 30.6 Å². The maximum Gasteiger partial charge on any atom is 0.417 e. The van der Waals surface area contributed by atoms with E-state index >= 15 is 0 Å². The molecular weight excluding hydrogens is 383 g/mol. The number of piperidine rings is 1. The zero-order chi connectivity index (χ0) is 20.4. The van der Waals surface area contributed by atoms with Gasteiger partial charge in [-0.15, -0.1) is 0 Å². The lowest BCUT2D eigenvalue weighted by atomic mass is 10.0. The average molecular weight is 405 g/mol. The number of halogens is 3. The van der Waals surface area contributed by atoms with Crippen molar-refractivity contribution in [2.24, 2.45) is 0 Å². The molecule has 7 nitrogen and oxygen atoms in total. The van der Waals surface area contributed by atoms with E-state index in [1.165, 1.54) is 19.0 Å². The van der Waals surface area contributed by atoms with Crippen molar-refractivity contribution in [1.82, 2.24) is 25.3 Å². The summed E-state index contributed by atoms with van der Waals surface area (Å²) in [4.78, 5) is 15.4. The number of H-pyrrole nitrogens is 1. The van der Waals surface area contributed by atoms with E-state index in [1.54, 1.807) is 6.20 Å². The van der Waals surface area contributed by atoms with Crippen LogP contribution in [0.15, 0.2) is 24.7 Å². The quantitative estimate of drug-likeness (QED) is 0.517. The number of hydrogen-bond acceptors (Lipinski definition) is 6. The van der Waals surface area contributed by atoms with Crippen LogP contribution in [-0.2, 0) is 6.18 Å². The Bertz CT molecular complexity index is 993. The van der Waals surface area contributed by atoms with Gasteiger partial charge in [-0.3, -0.25) is 0 Å². The lowest BCUT2D eigenvalue weighted by Crippen LogP contribution is -2.35. The first-order valence-corrected chi connectivity index (χ1v) is 9.56. The molecule has 0 saturated carbocycles. The first-order chi connectivity index (χ1) is 13.9. The highest BCUT2D eigenvalue weighted by Gasteiger charge is 2.31. The van der Waals surface area contributed by atoms with E-state index in [1.807, 2.05) is 0 Å². The minimum Gasteiger partial charge on any atom is -0.396 e. The Morgan fingerprint density at radius 2 is 2.07 bits per heavy atom. The Hall–Kier alpha value is -2.88. The van der Waals surface area contributed by atoms with Gasteiger partial charge < -0.3 is 21.4 Å².